The molecule has 2 heterocycles. The van der Waals surface area contributed by atoms with Gasteiger partial charge in [0, 0.05) is 29.9 Å². The lowest BCUT2D eigenvalue weighted by molar-refractivity contribution is 0.764. The first-order valence-corrected chi connectivity index (χ1v) is 22.1. The second-order valence-corrected chi connectivity index (χ2v) is 20.4. The maximum atomic E-state index is 6.99. The first-order chi connectivity index (χ1) is 22.9. The Kier molecular flexibility index (Phi) is 13.0. The number of aryl methyl sites for hydroxylation is 8. The minimum atomic E-state index is -0.522. The van der Waals surface area contributed by atoms with Crippen molar-refractivity contribution in [3.8, 4) is 0 Å². The van der Waals surface area contributed by atoms with Crippen LogP contribution in [0.1, 0.15) is 135 Å². The molecule has 2 aliphatic heterocycles. The summed E-state index contributed by atoms with van der Waals surface area (Å²) in [5.41, 5.74) is 19.5. The van der Waals surface area contributed by atoms with Gasteiger partial charge in [-0.3, -0.25) is 5.09 Å². The molecule has 0 radical (unpaired) electrons. The number of nitrogens with one attached hydrogen (secondary N) is 1. The topological polar surface area (TPSA) is 12.0 Å². The van der Waals surface area contributed by atoms with E-state index in [-0.39, 0.29) is 8.07 Å². The standard InChI is InChI=1S/C24H34NP.C20H24ClP/c1-6-7-10-25-26-23(21-13-17(2)11-18(3)14-21)8-9-24(26)22-15-19(4)12-20(5)16-22;1-13-7-14(2)10-17(9-13)19-5-6-20(22(19)21)18-11-15(3)8-16(4)12-18/h11-16,23-25H,6-10H2,1-5H3;7-12,19-20H,5-6H2,1-4H3/t23-,24-;19-,20-/m00/s1. The molecule has 1 nitrogen and oxygen atoms in total. The average molecular weight is 698 g/mol. The fourth-order valence-electron chi connectivity index (χ4n) is 8.28. The molecular weight excluding hydrogens is 640 g/mol. The molecule has 2 fully saturated rings. The lowest BCUT2D eigenvalue weighted by Gasteiger charge is -2.28. The van der Waals surface area contributed by atoms with Crippen LogP contribution in [-0.4, -0.2) is 6.54 Å². The summed E-state index contributed by atoms with van der Waals surface area (Å²) in [5, 5.41) is 4.02. The largest absolute Gasteiger partial charge is 0.295 e. The lowest BCUT2D eigenvalue weighted by atomic mass is 9.99. The summed E-state index contributed by atoms with van der Waals surface area (Å²) in [6.07, 6.45) is 7.60. The van der Waals surface area contributed by atoms with Crippen LogP contribution in [0.4, 0.5) is 0 Å². The molecule has 256 valence electrons. The summed E-state index contributed by atoms with van der Waals surface area (Å²) >= 11 is 6.99. The summed E-state index contributed by atoms with van der Waals surface area (Å²) in [4.78, 5) is 0. The van der Waals surface area contributed by atoms with Crippen molar-refractivity contribution >= 4 is 26.6 Å². The smallest absolute Gasteiger partial charge is 0.0186 e. The minimum Gasteiger partial charge on any atom is -0.295 e. The molecule has 4 aromatic rings. The second-order valence-electron chi connectivity index (χ2n) is 14.9. The summed E-state index contributed by atoms with van der Waals surface area (Å²) in [6.45, 7) is 21.1. The predicted octanol–water partition coefficient (Wildman–Crippen LogP) is 14.4. The van der Waals surface area contributed by atoms with Gasteiger partial charge >= 0.3 is 0 Å². The third-order valence-corrected chi connectivity index (χ3v) is 16.8. The fourth-order valence-corrected chi connectivity index (χ4v) is 14.7. The summed E-state index contributed by atoms with van der Waals surface area (Å²) in [7, 11) is -0.757. The number of hydrogen-bond acceptors (Lipinski definition) is 1. The maximum Gasteiger partial charge on any atom is 0.0186 e. The van der Waals surface area contributed by atoms with E-state index in [0.29, 0.717) is 22.6 Å². The minimum absolute atomic E-state index is 0.236. The molecule has 2 aliphatic rings. The molecule has 0 spiro atoms. The zero-order valence-electron chi connectivity index (χ0n) is 31.0. The van der Waals surface area contributed by atoms with Gasteiger partial charge in [0.2, 0.25) is 0 Å². The highest BCUT2D eigenvalue weighted by Crippen LogP contribution is 2.73. The molecule has 0 unspecified atom stereocenters. The Hall–Kier alpha value is -2.01. The summed E-state index contributed by atoms with van der Waals surface area (Å²) in [5.74, 6) is 0. The third kappa shape index (κ3) is 9.40. The zero-order chi connectivity index (χ0) is 34.5. The van der Waals surface area contributed by atoms with Gasteiger partial charge in [-0.25, -0.2) is 0 Å². The van der Waals surface area contributed by atoms with Gasteiger partial charge in [0.1, 0.15) is 0 Å². The van der Waals surface area contributed by atoms with Crippen LogP contribution in [0, 0.1) is 55.4 Å². The predicted molar refractivity (Wildman–Crippen MR) is 216 cm³/mol. The fraction of sp³-hybridized carbons (Fsp3) is 0.455. The van der Waals surface area contributed by atoms with Crippen molar-refractivity contribution in [1.29, 1.82) is 0 Å². The van der Waals surface area contributed by atoms with Gasteiger partial charge in [0.05, 0.1) is 0 Å². The Bertz CT molecular complexity index is 1500. The van der Waals surface area contributed by atoms with Crippen molar-refractivity contribution in [1.82, 2.24) is 5.09 Å². The van der Waals surface area contributed by atoms with Crippen LogP contribution in [0.25, 0.3) is 0 Å². The molecule has 4 heteroatoms. The van der Waals surface area contributed by atoms with Gasteiger partial charge in [-0.05, 0) is 124 Å². The van der Waals surface area contributed by atoms with Crippen LogP contribution >= 0.6 is 26.6 Å². The number of rotatable bonds is 8. The van der Waals surface area contributed by atoms with E-state index in [9.17, 15) is 0 Å². The molecule has 0 amide bonds. The molecule has 48 heavy (non-hydrogen) atoms. The molecule has 6 rings (SSSR count). The van der Waals surface area contributed by atoms with Crippen molar-refractivity contribution in [3.63, 3.8) is 0 Å². The highest BCUT2D eigenvalue weighted by Gasteiger charge is 2.38. The normalized spacial score (nSPS) is 21.4. The van der Waals surface area contributed by atoms with Crippen molar-refractivity contribution in [2.24, 2.45) is 0 Å². The molecule has 0 aliphatic carbocycles. The van der Waals surface area contributed by atoms with Crippen molar-refractivity contribution in [2.45, 2.75) is 123 Å². The van der Waals surface area contributed by atoms with Crippen molar-refractivity contribution < 1.29 is 0 Å². The van der Waals surface area contributed by atoms with E-state index in [4.69, 9.17) is 11.2 Å². The Labute approximate surface area is 300 Å². The molecule has 0 bridgehead atoms. The van der Waals surface area contributed by atoms with Crippen molar-refractivity contribution in [3.05, 3.63) is 140 Å². The molecule has 0 aromatic heterocycles. The third-order valence-electron chi connectivity index (χ3n) is 10.0. The average Bonchev–Trinajstić information content (AvgIpc) is 3.59. The highest BCUT2D eigenvalue weighted by atomic mass is 35.7. The van der Waals surface area contributed by atoms with Crippen LogP contribution < -0.4 is 5.09 Å². The Morgan fingerprint density at radius 2 is 0.750 bits per heavy atom. The number of unbranched alkanes of at least 4 members (excludes halogenated alkanes) is 1. The molecule has 2 saturated heterocycles. The van der Waals surface area contributed by atoms with Crippen LogP contribution in [0.5, 0.6) is 0 Å². The van der Waals surface area contributed by atoms with Gasteiger partial charge in [-0.2, -0.15) is 0 Å². The summed E-state index contributed by atoms with van der Waals surface area (Å²) in [6, 6.07) is 28.1. The van der Waals surface area contributed by atoms with Gasteiger partial charge in [-0.1, -0.05) is 142 Å². The van der Waals surface area contributed by atoms with Gasteiger partial charge < -0.3 is 0 Å². The van der Waals surface area contributed by atoms with Gasteiger partial charge in [-0.15, -0.1) is 0 Å². The van der Waals surface area contributed by atoms with E-state index >= 15 is 0 Å². The maximum absolute atomic E-state index is 6.99. The first kappa shape index (κ1) is 37.3. The van der Waals surface area contributed by atoms with E-state index in [0.717, 1.165) is 6.54 Å². The highest BCUT2D eigenvalue weighted by molar-refractivity contribution is 7.84. The van der Waals surface area contributed by atoms with Crippen LogP contribution in [0.3, 0.4) is 0 Å². The van der Waals surface area contributed by atoms with Crippen molar-refractivity contribution in [2.75, 3.05) is 6.54 Å². The van der Waals surface area contributed by atoms with E-state index in [1.165, 1.54) is 94.2 Å². The van der Waals surface area contributed by atoms with E-state index < -0.39 is 7.27 Å². The van der Waals surface area contributed by atoms with E-state index in [1.807, 2.05) is 0 Å². The molecule has 1 N–H and O–H groups in total. The van der Waals surface area contributed by atoms with Crippen LogP contribution in [0.15, 0.2) is 72.8 Å². The Morgan fingerprint density at radius 3 is 1.04 bits per heavy atom. The monoisotopic (exact) mass is 697 g/mol. The number of hydrogen-bond donors (Lipinski definition) is 1. The van der Waals surface area contributed by atoms with E-state index in [2.05, 4.69) is 140 Å². The van der Waals surface area contributed by atoms with Crippen LogP contribution in [0.2, 0.25) is 0 Å². The first-order valence-electron chi connectivity index (χ1n) is 18.2. The molecule has 4 aromatic carbocycles. The van der Waals surface area contributed by atoms with Gasteiger partial charge in [0.25, 0.3) is 0 Å². The molecular formula is C44H58ClNP2. The zero-order valence-corrected chi connectivity index (χ0v) is 33.5. The molecule has 4 atom stereocenters. The van der Waals surface area contributed by atoms with E-state index in [1.54, 1.807) is 11.1 Å². The Morgan fingerprint density at radius 1 is 0.479 bits per heavy atom. The quantitative estimate of drug-likeness (QED) is 0.143. The molecule has 0 saturated carbocycles. The second kappa shape index (κ2) is 16.8. The lowest BCUT2D eigenvalue weighted by Crippen LogP contribution is -2.14. The SMILES string of the molecule is CCCCNP1[C@H](c2cc(C)cc(C)c2)CC[C@H]1c1cc(C)cc(C)c1.Cc1cc(C)cc([C@@H]2CC[C@@H](c3cc(C)cc(C)c3)P2Cl)c1. The summed E-state index contributed by atoms with van der Waals surface area (Å²) < 4.78 is 0. The van der Waals surface area contributed by atoms with Crippen LogP contribution in [-0.2, 0) is 0 Å². The number of benzene rings is 4. The number of halogens is 1. The van der Waals surface area contributed by atoms with Gasteiger partial charge in [0.15, 0.2) is 0 Å². The Balaban J connectivity index is 0.000000190.